The highest BCUT2D eigenvalue weighted by atomic mass is 16.1. The van der Waals surface area contributed by atoms with E-state index in [2.05, 4.69) is 0 Å². The molecule has 1 amide bonds. The van der Waals surface area contributed by atoms with Crippen molar-refractivity contribution in [3.63, 3.8) is 0 Å². The van der Waals surface area contributed by atoms with Crippen LogP contribution >= 0.6 is 0 Å². The zero-order valence-electron chi connectivity index (χ0n) is 6.00. The molecule has 0 saturated heterocycles. The number of amides is 1. The summed E-state index contributed by atoms with van der Waals surface area (Å²) in [6, 6.07) is 7.07. The van der Waals surface area contributed by atoms with Crippen molar-refractivity contribution in [2.45, 2.75) is 6.42 Å². The molecule has 3 N–H and O–H groups in total. The molecular weight excluding hydrogens is 140 g/mol. The number of hydrogen-bond donors (Lipinski definition) is 1. The molecule has 0 unspecified atom stereocenters. The minimum absolute atomic E-state index is 0.104. The average Bonchev–Trinajstić information content (AvgIpc) is 1.93. The van der Waals surface area contributed by atoms with Gasteiger partial charge in [0.2, 0.25) is 5.91 Å². The number of rotatable bonds is 2. The molecule has 1 rings (SSSR count). The third kappa shape index (κ3) is 1.97. The van der Waals surface area contributed by atoms with Crippen LogP contribution < -0.4 is 11.5 Å². The van der Waals surface area contributed by atoms with E-state index in [1.165, 1.54) is 0 Å². The van der Waals surface area contributed by atoms with Crippen LogP contribution in [-0.4, -0.2) is 5.91 Å². The summed E-state index contributed by atoms with van der Waals surface area (Å²) in [5, 5.41) is 0. The summed E-state index contributed by atoms with van der Waals surface area (Å²) in [5.41, 5.74) is 13.6. The number of carbonyl (C=O) groups is 1. The van der Waals surface area contributed by atoms with Gasteiger partial charge < -0.3 is 5.73 Å². The Morgan fingerprint density at radius 3 is 2.64 bits per heavy atom. The first-order chi connectivity index (χ1) is 5.20. The first-order valence-corrected chi connectivity index (χ1v) is 3.28. The minimum atomic E-state index is -0.608. The quantitative estimate of drug-likeness (QED) is 0.626. The van der Waals surface area contributed by atoms with Gasteiger partial charge in [0, 0.05) is 5.69 Å². The van der Waals surface area contributed by atoms with Gasteiger partial charge in [-0.3, -0.25) is 10.5 Å². The second kappa shape index (κ2) is 3.05. The maximum atomic E-state index is 10.4. The topological polar surface area (TPSA) is 66.9 Å². The van der Waals surface area contributed by atoms with Crippen molar-refractivity contribution in [2.24, 2.45) is 0 Å². The van der Waals surface area contributed by atoms with Gasteiger partial charge in [-0.25, -0.2) is 0 Å². The highest BCUT2D eigenvalue weighted by Gasteiger charge is 2.00. The van der Waals surface area contributed by atoms with E-state index in [9.17, 15) is 4.79 Å². The first-order valence-electron chi connectivity index (χ1n) is 3.28. The molecule has 1 aromatic carbocycles. The van der Waals surface area contributed by atoms with Crippen LogP contribution in [0.2, 0.25) is 0 Å². The standard InChI is InChI=1S/C8H9N2O/c9-7-4-2-1-3-6(7)5-8(10)11/h1-4,10H,5,9H2. The maximum Gasteiger partial charge on any atom is 0.242 e. The highest BCUT2D eigenvalue weighted by Crippen LogP contribution is 2.10. The first kappa shape index (κ1) is 7.60. The summed E-state index contributed by atoms with van der Waals surface area (Å²) in [6.45, 7) is 0. The Balaban J connectivity index is 2.86. The second-order valence-electron chi connectivity index (χ2n) is 2.30. The van der Waals surface area contributed by atoms with Gasteiger partial charge in [0.05, 0.1) is 6.42 Å². The van der Waals surface area contributed by atoms with Gasteiger partial charge in [-0.2, -0.15) is 0 Å². The summed E-state index contributed by atoms with van der Waals surface area (Å²) in [5.74, 6) is -0.608. The number of nitrogens with two attached hydrogens (primary N) is 1. The minimum Gasteiger partial charge on any atom is -0.398 e. The molecule has 0 fully saturated rings. The molecule has 0 aliphatic heterocycles. The number of nitrogen functional groups attached to an aromatic ring is 1. The summed E-state index contributed by atoms with van der Waals surface area (Å²) in [4.78, 5) is 10.4. The van der Waals surface area contributed by atoms with Crippen LogP contribution in [0.1, 0.15) is 5.56 Å². The van der Waals surface area contributed by atoms with Crippen molar-refractivity contribution in [1.82, 2.24) is 5.73 Å². The third-order valence-corrected chi connectivity index (χ3v) is 1.41. The molecule has 1 aromatic rings. The summed E-state index contributed by atoms with van der Waals surface area (Å²) >= 11 is 0. The molecule has 3 heteroatoms. The van der Waals surface area contributed by atoms with E-state index in [1.54, 1.807) is 24.3 Å². The SMILES string of the molecule is [NH]C(=O)Cc1ccccc1N. The number of carbonyl (C=O) groups excluding carboxylic acids is 1. The van der Waals surface area contributed by atoms with Crippen LogP contribution in [0.3, 0.4) is 0 Å². The number of benzene rings is 1. The average molecular weight is 149 g/mol. The van der Waals surface area contributed by atoms with Gasteiger partial charge in [0.1, 0.15) is 0 Å². The Labute approximate surface area is 65.0 Å². The van der Waals surface area contributed by atoms with Crippen molar-refractivity contribution < 1.29 is 4.79 Å². The summed E-state index contributed by atoms with van der Waals surface area (Å²) in [6.07, 6.45) is 0.104. The fraction of sp³-hybridized carbons (Fsp3) is 0.125. The van der Waals surface area contributed by atoms with Crippen LogP contribution in [0.4, 0.5) is 5.69 Å². The zero-order chi connectivity index (χ0) is 8.27. The molecular formula is C8H9N2O. The molecule has 0 aromatic heterocycles. The Bertz CT molecular complexity index is 271. The molecule has 57 valence electrons. The molecule has 0 aliphatic carbocycles. The summed E-state index contributed by atoms with van der Waals surface area (Å²) < 4.78 is 0. The lowest BCUT2D eigenvalue weighted by atomic mass is 10.1. The fourth-order valence-electron chi connectivity index (χ4n) is 0.868. The van der Waals surface area contributed by atoms with Crippen molar-refractivity contribution in [1.29, 1.82) is 0 Å². The molecule has 0 aliphatic rings. The molecule has 0 atom stereocenters. The molecule has 0 saturated carbocycles. The van der Waals surface area contributed by atoms with Crippen molar-refractivity contribution in [2.75, 3.05) is 5.73 Å². The van der Waals surface area contributed by atoms with E-state index < -0.39 is 5.91 Å². The molecule has 3 nitrogen and oxygen atoms in total. The monoisotopic (exact) mass is 149 g/mol. The number of anilines is 1. The van der Waals surface area contributed by atoms with E-state index in [0.717, 1.165) is 5.56 Å². The number of nitrogens with one attached hydrogen (secondary N) is 1. The predicted molar refractivity (Wildman–Crippen MR) is 42.7 cm³/mol. The van der Waals surface area contributed by atoms with Crippen LogP contribution in [0.25, 0.3) is 0 Å². The third-order valence-electron chi connectivity index (χ3n) is 1.41. The zero-order valence-corrected chi connectivity index (χ0v) is 6.00. The Kier molecular flexibility index (Phi) is 2.11. The number of hydrogen-bond acceptors (Lipinski definition) is 2. The molecule has 0 spiro atoms. The van der Waals surface area contributed by atoms with Crippen molar-refractivity contribution in [3.05, 3.63) is 29.8 Å². The van der Waals surface area contributed by atoms with Gasteiger partial charge in [-0.05, 0) is 11.6 Å². The van der Waals surface area contributed by atoms with E-state index in [4.69, 9.17) is 11.5 Å². The van der Waals surface area contributed by atoms with E-state index in [0.29, 0.717) is 5.69 Å². The lowest BCUT2D eigenvalue weighted by Gasteiger charge is -1.99. The van der Waals surface area contributed by atoms with Gasteiger partial charge in [0.15, 0.2) is 0 Å². The van der Waals surface area contributed by atoms with Gasteiger partial charge in [-0.1, -0.05) is 18.2 Å². The molecule has 0 bridgehead atoms. The fourth-order valence-corrected chi connectivity index (χ4v) is 0.868. The van der Waals surface area contributed by atoms with E-state index in [1.807, 2.05) is 0 Å². The van der Waals surface area contributed by atoms with E-state index >= 15 is 0 Å². The Morgan fingerprint density at radius 2 is 2.09 bits per heavy atom. The normalized spacial score (nSPS) is 9.45. The van der Waals surface area contributed by atoms with Crippen molar-refractivity contribution in [3.8, 4) is 0 Å². The molecule has 0 heterocycles. The van der Waals surface area contributed by atoms with Crippen LogP contribution in [0, 0.1) is 0 Å². The maximum absolute atomic E-state index is 10.4. The predicted octanol–water partition coefficient (Wildman–Crippen LogP) is 0.621. The van der Waals surface area contributed by atoms with Gasteiger partial charge in [-0.15, -0.1) is 0 Å². The Hall–Kier alpha value is -1.51. The van der Waals surface area contributed by atoms with E-state index in [-0.39, 0.29) is 6.42 Å². The second-order valence-corrected chi connectivity index (χ2v) is 2.30. The molecule has 11 heavy (non-hydrogen) atoms. The highest BCUT2D eigenvalue weighted by molar-refractivity contribution is 5.77. The van der Waals surface area contributed by atoms with Crippen LogP contribution in [-0.2, 0) is 11.2 Å². The Morgan fingerprint density at radius 1 is 1.45 bits per heavy atom. The lowest BCUT2D eigenvalue weighted by Crippen LogP contribution is -2.04. The van der Waals surface area contributed by atoms with Crippen LogP contribution in [0.15, 0.2) is 24.3 Å². The number of para-hydroxylation sites is 1. The van der Waals surface area contributed by atoms with Crippen molar-refractivity contribution >= 4 is 11.6 Å². The van der Waals surface area contributed by atoms with Crippen LogP contribution in [0.5, 0.6) is 0 Å². The molecule has 1 radical (unpaired) electrons. The lowest BCUT2D eigenvalue weighted by molar-refractivity contribution is -0.118. The smallest absolute Gasteiger partial charge is 0.242 e. The largest absolute Gasteiger partial charge is 0.398 e. The van der Waals surface area contributed by atoms with Gasteiger partial charge >= 0.3 is 0 Å². The summed E-state index contributed by atoms with van der Waals surface area (Å²) in [7, 11) is 0. The van der Waals surface area contributed by atoms with Gasteiger partial charge in [0.25, 0.3) is 0 Å².